The Kier molecular flexibility index (Phi) is 3.49. The van der Waals surface area contributed by atoms with Crippen molar-refractivity contribution in [2.45, 2.75) is 54.5 Å². The Morgan fingerprint density at radius 2 is 1.31 bits per heavy atom. The standard InChI is InChI=1S/C15H25N/c1-9-8-10(2)12(4)13(11(9)3)14(16)15(5,6)7/h8,14H,16H2,1-7H3. The molecule has 1 atom stereocenters. The first-order valence-corrected chi connectivity index (χ1v) is 5.99. The van der Waals surface area contributed by atoms with Crippen LogP contribution in [0, 0.1) is 33.1 Å². The van der Waals surface area contributed by atoms with Crippen LogP contribution in [0.5, 0.6) is 0 Å². The lowest BCUT2D eigenvalue weighted by atomic mass is 9.78. The molecule has 1 nitrogen and oxygen atoms in total. The predicted octanol–water partition coefficient (Wildman–Crippen LogP) is 3.97. The first kappa shape index (κ1) is 13.2. The number of nitrogens with two attached hydrogens (primary N) is 1. The van der Waals surface area contributed by atoms with Gasteiger partial charge in [0.05, 0.1) is 0 Å². The van der Waals surface area contributed by atoms with Crippen LogP contribution in [0.3, 0.4) is 0 Å². The molecule has 0 radical (unpaired) electrons. The van der Waals surface area contributed by atoms with Gasteiger partial charge in [0.1, 0.15) is 0 Å². The van der Waals surface area contributed by atoms with Crippen molar-refractivity contribution in [3.05, 3.63) is 33.9 Å². The minimum atomic E-state index is 0.103. The lowest BCUT2D eigenvalue weighted by molar-refractivity contribution is 0.325. The van der Waals surface area contributed by atoms with Crippen molar-refractivity contribution in [3.63, 3.8) is 0 Å². The van der Waals surface area contributed by atoms with Gasteiger partial charge in [-0.15, -0.1) is 0 Å². The van der Waals surface area contributed by atoms with Crippen LogP contribution in [0.25, 0.3) is 0 Å². The third kappa shape index (κ3) is 2.30. The second kappa shape index (κ2) is 4.21. The zero-order valence-corrected chi connectivity index (χ0v) is 11.7. The third-order valence-corrected chi connectivity index (χ3v) is 3.67. The predicted molar refractivity (Wildman–Crippen MR) is 71.8 cm³/mol. The molecular formula is C15H25N. The molecule has 0 fully saturated rings. The summed E-state index contributed by atoms with van der Waals surface area (Å²) in [5, 5.41) is 0. The van der Waals surface area contributed by atoms with Crippen LogP contribution in [0.2, 0.25) is 0 Å². The van der Waals surface area contributed by atoms with Crippen LogP contribution in [-0.4, -0.2) is 0 Å². The minimum absolute atomic E-state index is 0.103. The fraction of sp³-hybridized carbons (Fsp3) is 0.600. The van der Waals surface area contributed by atoms with Gasteiger partial charge in [0.25, 0.3) is 0 Å². The topological polar surface area (TPSA) is 26.0 Å². The third-order valence-electron chi connectivity index (χ3n) is 3.67. The van der Waals surface area contributed by atoms with Gasteiger partial charge in [0, 0.05) is 6.04 Å². The van der Waals surface area contributed by atoms with Gasteiger partial charge in [-0.3, -0.25) is 0 Å². The van der Waals surface area contributed by atoms with Gasteiger partial charge in [-0.2, -0.15) is 0 Å². The molecule has 0 saturated heterocycles. The molecule has 0 aromatic heterocycles. The van der Waals surface area contributed by atoms with E-state index in [1.165, 1.54) is 27.8 Å². The zero-order chi connectivity index (χ0) is 12.7. The molecule has 2 N–H and O–H groups in total. The SMILES string of the molecule is Cc1cc(C)c(C)c(C(N)C(C)(C)C)c1C. The highest BCUT2D eigenvalue weighted by Gasteiger charge is 2.26. The summed E-state index contributed by atoms with van der Waals surface area (Å²) in [4.78, 5) is 0. The van der Waals surface area contributed by atoms with Gasteiger partial charge in [0.2, 0.25) is 0 Å². The molecule has 1 aromatic rings. The molecular weight excluding hydrogens is 194 g/mol. The van der Waals surface area contributed by atoms with Crippen LogP contribution in [0.1, 0.15) is 54.6 Å². The van der Waals surface area contributed by atoms with Gasteiger partial charge in [0.15, 0.2) is 0 Å². The lowest BCUT2D eigenvalue weighted by Gasteiger charge is -2.31. The van der Waals surface area contributed by atoms with E-state index < -0.39 is 0 Å². The van der Waals surface area contributed by atoms with Gasteiger partial charge in [-0.25, -0.2) is 0 Å². The van der Waals surface area contributed by atoms with Crippen LogP contribution >= 0.6 is 0 Å². The highest BCUT2D eigenvalue weighted by molar-refractivity contribution is 5.46. The van der Waals surface area contributed by atoms with E-state index in [0.29, 0.717) is 0 Å². The Labute approximate surface area is 100 Å². The average Bonchev–Trinajstić information content (AvgIpc) is 2.13. The van der Waals surface area contributed by atoms with Crippen molar-refractivity contribution in [1.29, 1.82) is 0 Å². The molecule has 0 aliphatic rings. The van der Waals surface area contributed by atoms with E-state index in [1.807, 2.05) is 0 Å². The minimum Gasteiger partial charge on any atom is -0.323 e. The fourth-order valence-electron chi connectivity index (χ4n) is 2.15. The fourth-order valence-corrected chi connectivity index (χ4v) is 2.15. The van der Waals surface area contributed by atoms with Gasteiger partial charge in [-0.05, 0) is 60.9 Å². The van der Waals surface area contributed by atoms with Crippen LogP contribution in [-0.2, 0) is 0 Å². The summed E-state index contributed by atoms with van der Waals surface area (Å²) in [5.74, 6) is 0. The summed E-state index contributed by atoms with van der Waals surface area (Å²) >= 11 is 0. The maximum Gasteiger partial charge on any atom is 0.0349 e. The Morgan fingerprint density at radius 1 is 0.938 bits per heavy atom. The highest BCUT2D eigenvalue weighted by Crippen LogP contribution is 2.36. The van der Waals surface area contributed by atoms with Crippen LogP contribution in [0.4, 0.5) is 0 Å². The summed E-state index contributed by atoms with van der Waals surface area (Å²) in [7, 11) is 0. The van der Waals surface area contributed by atoms with Gasteiger partial charge >= 0.3 is 0 Å². The van der Waals surface area contributed by atoms with Crippen molar-refractivity contribution in [3.8, 4) is 0 Å². The Hall–Kier alpha value is -0.820. The first-order valence-electron chi connectivity index (χ1n) is 5.99. The van der Waals surface area contributed by atoms with Gasteiger partial charge in [-0.1, -0.05) is 26.8 Å². The molecule has 0 aliphatic carbocycles. The molecule has 0 bridgehead atoms. The summed E-state index contributed by atoms with van der Waals surface area (Å²) < 4.78 is 0. The van der Waals surface area contributed by atoms with Crippen molar-refractivity contribution < 1.29 is 0 Å². The largest absolute Gasteiger partial charge is 0.323 e. The monoisotopic (exact) mass is 219 g/mol. The number of hydrogen-bond donors (Lipinski definition) is 1. The van der Waals surface area contributed by atoms with E-state index in [1.54, 1.807) is 0 Å². The number of rotatable bonds is 1. The Balaban J connectivity index is 3.44. The molecule has 0 aliphatic heterocycles. The summed E-state index contributed by atoms with van der Waals surface area (Å²) in [6.07, 6.45) is 0. The smallest absolute Gasteiger partial charge is 0.0349 e. The van der Waals surface area contributed by atoms with Crippen LogP contribution in [0.15, 0.2) is 6.07 Å². The second-order valence-corrected chi connectivity index (χ2v) is 6.02. The van der Waals surface area contributed by atoms with Crippen molar-refractivity contribution in [2.75, 3.05) is 0 Å². The number of hydrogen-bond acceptors (Lipinski definition) is 1. The van der Waals surface area contributed by atoms with E-state index in [9.17, 15) is 0 Å². The maximum absolute atomic E-state index is 6.41. The Morgan fingerprint density at radius 3 is 1.62 bits per heavy atom. The molecule has 1 unspecified atom stereocenters. The van der Waals surface area contributed by atoms with Gasteiger partial charge < -0.3 is 5.73 Å². The van der Waals surface area contributed by atoms with E-state index in [2.05, 4.69) is 54.5 Å². The van der Waals surface area contributed by atoms with E-state index in [4.69, 9.17) is 5.73 Å². The van der Waals surface area contributed by atoms with E-state index >= 15 is 0 Å². The number of aryl methyl sites for hydroxylation is 2. The second-order valence-electron chi connectivity index (χ2n) is 6.02. The maximum atomic E-state index is 6.41. The molecule has 0 amide bonds. The summed E-state index contributed by atoms with van der Waals surface area (Å²) in [5.41, 5.74) is 13.3. The molecule has 16 heavy (non-hydrogen) atoms. The van der Waals surface area contributed by atoms with E-state index in [-0.39, 0.29) is 11.5 Å². The van der Waals surface area contributed by atoms with Crippen LogP contribution < -0.4 is 5.73 Å². The van der Waals surface area contributed by atoms with E-state index in [0.717, 1.165) is 0 Å². The molecule has 0 heterocycles. The molecule has 0 saturated carbocycles. The summed E-state index contributed by atoms with van der Waals surface area (Å²) in [6, 6.07) is 2.36. The normalized spacial score (nSPS) is 14.0. The van der Waals surface area contributed by atoms with Crippen molar-refractivity contribution in [2.24, 2.45) is 11.1 Å². The molecule has 0 spiro atoms. The number of benzene rings is 1. The summed E-state index contributed by atoms with van der Waals surface area (Å²) in [6.45, 7) is 15.3. The quantitative estimate of drug-likeness (QED) is 0.760. The average molecular weight is 219 g/mol. The Bertz CT molecular complexity index is 371. The first-order chi connectivity index (χ1) is 7.16. The molecule has 90 valence electrons. The molecule has 1 rings (SSSR count). The van der Waals surface area contributed by atoms with Crippen molar-refractivity contribution >= 4 is 0 Å². The zero-order valence-electron chi connectivity index (χ0n) is 11.7. The molecule has 1 aromatic carbocycles. The van der Waals surface area contributed by atoms with Crippen molar-refractivity contribution in [1.82, 2.24) is 0 Å². The lowest BCUT2D eigenvalue weighted by Crippen LogP contribution is -2.28. The molecule has 1 heteroatoms. The highest BCUT2D eigenvalue weighted by atomic mass is 14.7.